The zero-order chi connectivity index (χ0) is 19.0. The van der Waals surface area contributed by atoms with Crippen LogP contribution in [-0.4, -0.2) is 31.4 Å². The summed E-state index contributed by atoms with van der Waals surface area (Å²) in [5.41, 5.74) is 1.21. The first kappa shape index (κ1) is 18.4. The number of fused-ring (bicyclic) bond motifs is 1. The fourth-order valence-electron chi connectivity index (χ4n) is 3.58. The fraction of sp³-hybridized carbons (Fsp3) is 0.474. The molecule has 1 aliphatic rings. The molecule has 6 nitrogen and oxygen atoms in total. The Labute approximate surface area is 166 Å². The van der Waals surface area contributed by atoms with E-state index in [9.17, 15) is 4.79 Å². The molecule has 3 aromatic rings. The van der Waals surface area contributed by atoms with E-state index in [1.807, 2.05) is 17.7 Å². The fourth-order valence-corrected chi connectivity index (χ4v) is 5.65. The average Bonchev–Trinajstić information content (AvgIpc) is 3.34. The lowest BCUT2D eigenvalue weighted by atomic mass is 10.2. The van der Waals surface area contributed by atoms with Crippen LogP contribution in [0.2, 0.25) is 0 Å². The van der Waals surface area contributed by atoms with Crippen molar-refractivity contribution < 1.29 is 4.79 Å². The molecule has 0 bridgehead atoms. The number of hydrogen-bond donors (Lipinski definition) is 1. The van der Waals surface area contributed by atoms with Crippen LogP contribution in [0.3, 0.4) is 0 Å². The molecule has 0 unspecified atom stereocenters. The second kappa shape index (κ2) is 7.59. The molecule has 142 valence electrons. The number of nitrogens with one attached hydrogen (secondary N) is 1. The molecule has 0 spiro atoms. The van der Waals surface area contributed by atoms with Crippen LogP contribution in [0.1, 0.15) is 48.0 Å². The summed E-state index contributed by atoms with van der Waals surface area (Å²) in [6, 6.07) is 2.28. The lowest BCUT2D eigenvalue weighted by molar-refractivity contribution is -0.113. The average molecular weight is 402 g/mol. The Morgan fingerprint density at radius 2 is 2.07 bits per heavy atom. The predicted octanol–water partition coefficient (Wildman–Crippen LogP) is 4.66. The second-order valence-electron chi connectivity index (χ2n) is 6.98. The highest BCUT2D eigenvalue weighted by atomic mass is 32.2. The summed E-state index contributed by atoms with van der Waals surface area (Å²) in [6.45, 7) is 6.09. The lowest BCUT2D eigenvalue weighted by Crippen LogP contribution is -2.19. The van der Waals surface area contributed by atoms with E-state index < -0.39 is 0 Å². The number of carbonyl (C=O) groups excluding carboxylic acids is 1. The van der Waals surface area contributed by atoms with Crippen molar-refractivity contribution in [2.24, 2.45) is 0 Å². The van der Waals surface area contributed by atoms with Crippen LogP contribution in [0.25, 0.3) is 10.2 Å². The van der Waals surface area contributed by atoms with E-state index in [0.29, 0.717) is 11.8 Å². The molecule has 0 aromatic carbocycles. The molecule has 0 aliphatic heterocycles. The number of amides is 1. The van der Waals surface area contributed by atoms with Crippen molar-refractivity contribution in [1.82, 2.24) is 19.7 Å². The monoisotopic (exact) mass is 401 g/mol. The van der Waals surface area contributed by atoms with E-state index in [1.54, 1.807) is 17.5 Å². The predicted molar refractivity (Wildman–Crippen MR) is 111 cm³/mol. The SMILES string of the molecule is Cc1nc(SCC(=O)Nc2ccnn2C2CCCC2)c2c(C)c(C)sc2n1. The maximum absolute atomic E-state index is 12.5. The summed E-state index contributed by atoms with van der Waals surface area (Å²) in [5, 5.41) is 9.40. The van der Waals surface area contributed by atoms with Crippen LogP contribution in [0.15, 0.2) is 17.3 Å². The van der Waals surface area contributed by atoms with Gasteiger partial charge in [-0.2, -0.15) is 5.10 Å². The van der Waals surface area contributed by atoms with Crippen molar-refractivity contribution in [2.75, 3.05) is 11.1 Å². The molecule has 1 amide bonds. The largest absolute Gasteiger partial charge is 0.310 e. The van der Waals surface area contributed by atoms with Gasteiger partial charge in [0.25, 0.3) is 0 Å². The third-order valence-electron chi connectivity index (χ3n) is 5.06. The Balaban J connectivity index is 1.47. The minimum Gasteiger partial charge on any atom is -0.310 e. The number of carbonyl (C=O) groups is 1. The molecular formula is C19H23N5OS2. The minimum atomic E-state index is -0.0335. The van der Waals surface area contributed by atoms with Crippen molar-refractivity contribution in [3.8, 4) is 0 Å². The first-order chi connectivity index (χ1) is 13.0. The molecule has 4 rings (SSSR count). The Kier molecular flexibility index (Phi) is 5.19. The van der Waals surface area contributed by atoms with Crippen molar-refractivity contribution in [3.05, 3.63) is 28.5 Å². The van der Waals surface area contributed by atoms with E-state index in [0.717, 1.165) is 39.7 Å². The summed E-state index contributed by atoms with van der Waals surface area (Å²) in [6.07, 6.45) is 6.49. The van der Waals surface area contributed by atoms with Gasteiger partial charge in [0.1, 0.15) is 21.5 Å². The number of aryl methyl sites for hydroxylation is 3. The maximum atomic E-state index is 12.5. The maximum Gasteiger partial charge on any atom is 0.235 e. The van der Waals surface area contributed by atoms with Crippen LogP contribution >= 0.6 is 23.1 Å². The quantitative estimate of drug-likeness (QED) is 0.497. The number of rotatable bonds is 5. The molecule has 8 heteroatoms. The standard InChI is InChI=1S/C19H23N5OS2/c1-11-12(2)27-19-17(11)18(21-13(3)22-19)26-10-16(25)23-15-8-9-20-24(15)14-6-4-5-7-14/h8-9,14H,4-7,10H2,1-3H3,(H,23,25). The van der Waals surface area contributed by atoms with Crippen molar-refractivity contribution in [1.29, 1.82) is 0 Å². The van der Waals surface area contributed by atoms with Gasteiger partial charge in [-0.1, -0.05) is 24.6 Å². The molecule has 1 saturated carbocycles. The molecule has 27 heavy (non-hydrogen) atoms. The van der Waals surface area contributed by atoms with E-state index in [4.69, 9.17) is 0 Å². The number of nitrogens with zero attached hydrogens (tertiary/aromatic N) is 4. The highest BCUT2D eigenvalue weighted by molar-refractivity contribution is 8.00. The van der Waals surface area contributed by atoms with Crippen LogP contribution in [0.4, 0.5) is 5.82 Å². The minimum absolute atomic E-state index is 0.0335. The van der Waals surface area contributed by atoms with Gasteiger partial charge in [0.15, 0.2) is 0 Å². The van der Waals surface area contributed by atoms with Gasteiger partial charge in [0, 0.05) is 16.3 Å². The Morgan fingerprint density at radius 3 is 2.85 bits per heavy atom. The molecule has 0 radical (unpaired) electrons. The zero-order valence-corrected chi connectivity index (χ0v) is 17.4. The van der Waals surface area contributed by atoms with Gasteiger partial charge in [-0.3, -0.25) is 4.79 Å². The summed E-state index contributed by atoms with van der Waals surface area (Å²) in [5.74, 6) is 1.81. The number of anilines is 1. The topological polar surface area (TPSA) is 72.7 Å². The summed E-state index contributed by atoms with van der Waals surface area (Å²) >= 11 is 3.16. The van der Waals surface area contributed by atoms with E-state index in [-0.39, 0.29) is 5.91 Å². The van der Waals surface area contributed by atoms with Gasteiger partial charge < -0.3 is 5.32 Å². The van der Waals surface area contributed by atoms with E-state index in [1.165, 1.54) is 35.0 Å². The van der Waals surface area contributed by atoms with Gasteiger partial charge in [-0.25, -0.2) is 14.6 Å². The van der Waals surface area contributed by atoms with Crippen LogP contribution in [0, 0.1) is 20.8 Å². The Hall–Kier alpha value is -1.93. The van der Waals surface area contributed by atoms with Gasteiger partial charge in [0.05, 0.1) is 18.0 Å². The van der Waals surface area contributed by atoms with Gasteiger partial charge in [-0.05, 0) is 39.2 Å². The van der Waals surface area contributed by atoms with E-state index in [2.05, 4.69) is 34.2 Å². The van der Waals surface area contributed by atoms with Gasteiger partial charge in [0.2, 0.25) is 5.91 Å². The first-order valence-electron chi connectivity index (χ1n) is 9.23. The van der Waals surface area contributed by atoms with Crippen LogP contribution in [-0.2, 0) is 4.79 Å². The normalized spacial score (nSPS) is 14.9. The van der Waals surface area contributed by atoms with Crippen molar-refractivity contribution >= 4 is 45.0 Å². The Morgan fingerprint density at radius 1 is 1.30 bits per heavy atom. The highest BCUT2D eigenvalue weighted by Crippen LogP contribution is 2.35. The lowest BCUT2D eigenvalue weighted by Gasteiger charge is -2.14. The molecule has 1 fully saturated rings. The summed E-state index contributed by atoms with van der Waals surface area (Å²) < 4.78 is 1.97. The molecule has 3 heterocycles. The molecule has 3 aromatic heterocycles. The summed E-state index contributed by atoms with van der Waals surface area (Å²) in [7, 11) is 0. The molecule has 1 N–H and O–H groups in total. The number of thioether (sulfide) groups is 1. The smallest absolute Gasteiger partial charge is 0.235 e. The Bertz CT molecular complexity index is 988. The van der Waals surface area contributed by atoms with Crippen molar-refractivity contribution in [2.45, 2.75) is 57.5 Å². The highest BCUT2D eigenvalue weighted by Gasteiger charge is 2.21. The third-order valence-corrected chi connectivity index (χ3v) is 7.13. The molecular weight excluding hydrogens is 378 g/mol. The van der Waals surface area contributed by atoms with Gasteiger partial charge in [-0.15, -0.1) is 11.3 Å². The van der Waals surface area contributed by atoms with Gasteiger partial charge >= 0.3 is 0 Å². The molecule has 0 saturated heterocycles. The molecule has 0 atom stereocenters. The molecule has 1 aliphatic carbocycles. The van der Waals surface area contributed by atoms with Crippen molar-refractivity contribution in [3.63, 3.8) is 0 Å². The zero-order valence-electron chi connectivity index (χ0n) is 15.8. The number of aromatic nitrogens is 4. The third kappa shape index (κ3) is 3.73. The number of hydrogen-bond acceptors (Lipinski definition) is 6. The number of thiophene rings is 1. The second-order valence-corrected chi connectivity index (χ2v) is 9.14. The van der Waals surface area contributed by atoms with E-state index >= 15 is 0 Å². The first-order valence-corrected chi connectivity index (χ1v) is 11.0. The van der Waals surface area contributed by atoms with Crippen LogP contribution in [0.5, 0.6) is 0 Å². The van der Waals surface area contributed by atoms with Crippen LogP contribution < -0.4 is 5.32 Å². The summed E-state index contributed by atoms with van der Waals surface area (Å²) in [4.78, 5) is 23.9.